The van der Waals surface area contributed by atoms with Gasteiger partial charge in [-0.1, -0.05) is 34.1 Å². The molecule has 0 aromatic carbocycles. The molecule has 12 N–H and O–H groups in total. The van der Waals surface area contributed by atoms with Crippen LogP contribution in [0, 0.1) is 11.8 Å². The van der Waals surface area contributed by atoms with Crippen molar-refractivity contribution in [2.24, 2.45) is 39.8 Å². The van der Waals surface area contributed by atoms with E-state index in [0.717, 1.165) is 0 Å². The van der Waals surface area contributed by atoms with Gasteiger partial charge in [0.2, 0.25) is 17.7 Å². The fourth-order valence-corrected chi connectivity index (χ4v) is 3.31. The van der Waals surface area contributed by atoms with Crippen LogP contribution in [0.4, 0.5) is 0 Å². The number of carboxylic acid groups (broad SMARTS) is 1. The third kappa shape index (κ3) is 12.7. The van der Waals surface area contributed by atoms with Crippen molar-refractivity contribution in [3.8, 4) is 0 Å². The summed E-state index contributed by atoms with van der Waals surface area (Å²) in [6.07, 6.45) is 2.43. The molecule has 13 heteroatoms. The van der Waals surface area contributed by atoms with E-state index in [-0.39, 0.29) is 37.2 Å². The van der Waals surface area contributed by atoms with Crippen LogP contribution in [-0.2, 0) is 19.2 Å². The molecule has 0 aliphatic rings. The van der Waals surface area contributed by atoms with Crippen LogP contribution in [0.25, 0.3) is 0 Å². The Morgan fingerprint density at radius 2 is 1.44 bits per heavy atom. The maximum Gasteiger partial charge on any atom is 0.326 e. The third-order valence-electron chi connectivity index (χ3n) is 5.95. The minimum Gasteiger partial charge on any atom is -0.480 e. The second kappa shape index (κ2) is 17.5. The van der Waals surface area contributed by atoms with Gasteiger partial charge in [0, 0.05) is 6.54 Å². The van der Waals surface area contributed by atoms with Crippen LogP contribution in [0.15, 0.2) is 4.99 Å². The van der Waals surface area contributed by atoms with Crippen molar-refractivity contribution in [2.45, 2.75) is 90.4 Å². The molecule has 36 heavy (non-hydrogen) atoms. The monoisotopic (exact) mass is 514 g/mol. The maximum atomic E-state index is 13.2. The first-order chi connectivity index (χ1) is 16.8. The summed E-state index contributed by atoms with van der Waals surface area (Å²) in [5.74, 6) is -3.31. The van der Waals surface area contributed by atoms with Crippen LogP contribution in [0.5, 0.6) is 0 Å². The van der Waals surface area contributed by atoms with Gasteiger partial charge in [-0.3, -0.25) is 19.4 Å². The molecule has 0 saturated carbocycles. The first-order valence-corrected chi connectivity index (χ1v) is 12.5. The molecule has 13 nitrogen and oxygen atoms in total. The Labute approximate surface area is 213 Å². The van der Waals surface area contributed by atoms with E-state index in [1.807, 2.05) is 13.8 Å². The smallest absolute Gasteiger partial charge is 0.326 e. The number of guanidine groups is 1. The predicted molar refractivity (Wildman–Crippen MR) is 139 cm³/mol. The molecule has 3 amide bonds. The van der Waals surface area contributed by atoms with E-state index >= 15 is 0 Å². The van der Waals surface area contributed by atoms with Crippen LogP contribution in [0.3, 0.4) is 0 Å². The summed E-state index contributed by atoms with van der Waals surface area (Å²) in [5.41, 5.74) is 22.0. The first kappa shape index (κ1) is 33.1. The first-order valence-electron chi connectivity index (χ1n) is 12.5. The molecule has 0 unspecified atom stereocenters. The number of nitrogens with one attached hydrogen (secondary N) is 3. The zero-order valence-electron chi connectivity index (χ0n) is 22.0. The molecule has 0 fully saturated rings. The zero-order valence-corrected chi connectivity index (χ0v) is 22.0. The summed E-state index contributed by atoms with van der Waals surface area (Å²) in [4.78, 5) is 54.2. The highest BCUT2D eigenvalue weighted by Gasteiger charge is 2.32. The molecule has 0 bridgehead atoms. The number of aliphatic imine (C=N–C) groups is 1. The van der Waals surface area contributed by atoms with Crippen LogP contribution < -0.4 is 38.9 Å². The number of aliphatic carboxylic acids is 1. The molecule has 0 aliphatic carbocycles. The van der Waals surface area contributed by atoms with Gasteiger partial charge in [-0.2, -0.15) is 0 Å². The molecule has 208 valence electrons. The molecule has 0 heterocycles. The highest BCUT2D eigenvalue weighted by molar-refractivity contribution is 5.94. The number of amides is 3. The van der Waals surface area contributed by atoms with Gasteiger partial charge in [-0.05, 0) is 50.5 Å². The van der Waals surface area contributed by atoms with E-state index in [1.54, 1.807) is 13.8 Å². The Hall–Kier alpha value is -2.93. The van der Waals surface area contributed by atoms with Crippen molar-refractivity contribution in [1.29, 1.82) is 0 Å². The highest BCUT2D eigenvalue weighted by Crippen LogP contribution is 2.11. The van der Waals surface area contributed by atoms with E-state index in [2.05, 4.69) is 20.9 Å². The van der Waals surface area contributed by atoms with Gasteiger partial charge < -0.3 is 44.0 Å². The number of carboxylic acids is 1. The summed E-state index contributed by atoms with van der Waals surface area (Å²) >= 11 is 0. The molecule has 0 aliphatic heterocycles. The van der Waals surface area contributed by atoms with Crippen LogP contribution in [0.2, 0.25) is 0 Å². The number of unbranched alkanes of at least 4 members (excludes halogenated alkanes) is 1. The van der Waals surface area contributed by atoms with Gasteiger partial charge in [0.05, 0.1) is 6.04 Å². The SMILES string of the molecule is CC[C@H](C)[C@H](NC(=O)[C@@H](N)C(C)C)C(=O)N[C@@H](CCCCN)C(=O)N[C@@H](CCCN=C(N)N)C(=O)O. The van der Waals surface area contributed by atoms with Gasteiger partial charge >= 0.3 is 5.97 Å². The molecule has 0 aromatic heterocycles. The van der Waals surface area contributed by atoms with Gasteiger partial charge in [-0.25, -0.2) is 4.79 Å². The van der Waals surface area contributed by atoms with Crippen LogP contribution in [0.1, 0.15) is 66.2 Å². The van der Waals surface area contributed by atoms with E-state index in [9.17, 15) is 24.3 Å². The molecule has 0 saturated heterocycles. The van der Waals surface area contributed by atoms with E-state index in [4.69, 9.17) is 22.9 Å². The largest absolute Gasteiger partial charge is 0.480 e. The second-order valence-electron chi connectivity index (χ2n) is 9.34. The number of nitrogens with zero attached hydrogens (tertiary/aromatic N) is 1. The summed E-state index contributed by atoms with van der Waals surface area (Å²) in [6.45, 7) is 7.92. The fraction of sp³-hybridized carbons (Fsp3) is 0.783. The molecule has 0 rings (SSSR count). The van der Waals surface area contributed by atoms with E-state index in [1.165, 1.54) is 0 Å². The normalized spacial score (nSPS) is 15.2. The predicted octanol–water partition coefficient (Wildman–Crippen LogP) is -1.26. The molecular formula is C23H46N8O5. The quantitative estimate of drug-likeness (QED) is 0.0617. The number of carbonyl (C=O) groups excluding carboxylic acids is 3. The van der Waals surface area contributed by atoms with Crippen molar-refractivity contribution in [3.05, 3.63) is 0 Å². The highest BCUT2D eigenvalue weighted by atomic mass is 16.4. The van der Waals surface area contributed by atoms with Gasteiger partial charge in [0.25, 0.3) is 0 Å². The number of carbonyl (C=O) groups is 4. The van der Waals surface area contributed by atoms with E-state index in [0.29, 0.717) is 32.2 Å². The Balaban J connectivity index is 5.54. The number of hydrogen-bond acceptors (Lipinski definition) is 7. The van der Waals surface area contributed by atoms with Crippen LogP contribution >= 0.6 is 0 Å². The zero-order chi connectivity index (χ0) is 27.8. The molecule has 0 aromatic rings. The van der Waals surface area contributed by atoms with Crippen molar-refractivity contribution >= 4 is 29.7 Å². The molecule has 5 atom stereocenters. The molecule has 0 radical (unpaired) electrons. The number of rotatable bonds is 18. The Morgan fingerprint density at radius 3 is 1.94 bits per heavy atom. The van der Waals surface area contributed by atoms with Gasteiger partial charge in [0.1, 0.15) is 18.1 Å². The van der Waals surface area contributed by atoms with Gasteiger partial charge in [0.15, 0.2) is 5.96 Å². The Bertz CT molecular complexity index is 742. The van der Waals surface area contributed by atoms with Crippen molar-refractivity contribution in [1.82, 2.24) is 16.0 Å². The molecular weight excluding hydrogens is 468 g/mol. The Kier molecular flexibility index (Phi) is 16.1. The topological polar surface area (TPSA) is 241 Å². The lowest BCUT2D eigenvalue weighted by Gasteiger charge is -2.28. The summed E-state index contributed by atoms with van der Waals surface area (Å²) in [5, 5.41) is 17.4. The van der Waals surface area contributed by atoms with Gasteiger partial charge in [-0.15, -0.1) is 0 Å². The third-order valence-corrected chi connectivity index (χ3v) is 5.95. The summed E-state index contributed by atoms with van der Waals surface area (Å²) in [6, 6.07) is -3.89. The second-order valence-corrected chi connectivity index (χ2v) is 9.34. The lowest BCUT2D eigenvalue weighted by Crippen LogP contribution is -2.59. The van der Waals surface area contributed by atoms with Crippen molar-refractivity contribution in [2.75, 3.05) is 13.1 Å². The fourth-order valence-electron chi connectivity index (χ4n) is 3.31. The van der Waals surface area contributed by atoms with Crippen molar-refractivity contribution in [3.63, 3.8) is 0 Å². The standard InChI is InChI=1S/C23H46N8O5/c1-5-14(4)18(31-20(33)17(25)13(2)3)21(34)29-15(9-6-7-11-24)19(32)30-16(22(35)36)10-8-12-28-23(26)27/h13-18H,5-12,24-25H2,1-4H3,(H,29,34)(H,30,32)(H,31,33)(H,35,36)(H4,26,27,28)/t14-,15-,16-,17-,18-/m0/s1. The summed E-state index contributed by atoms with van der Waals surface area (Å²) in [7, 11) is 0. The molecule has 0 spiro atoms. The minimum atomic E-state index is -1.22. The number of hydrogen-bond donors (Lipinski definition) is 8. The van der Waals surface area contributed by atoms with Crippen molar-refractivity contribution < 1.29 is 24.3 Å². The average molecular weight is 515 g/mol. The minimum absolute atomic E-state index is 0.0972. The lowest BCUT2D eigenvalue weighted by atomic mass is 9.96. The number of nitrogens with two attached hydrogens (primary N) is 4. The Morgan fingerprint density at radius 1 is 0.861 bits per heavy atom. The maximum absolute atomic E-state index is 13.2. The average Bonchev–Trinajstić information content (AvgIpc) is 2.81. The summed E-state index contributed by atoms with van der Waals surface area (Å²) < 4.78 is 0. The van der Waals surface area contributed by atoms with Crippen LogP contribution in [-0.4, -0.2) is 72.0 Å². The van der Waals surface area contributed by atoms with E-state index < -0.39 is 47.9 Å². The lowest BCUT2D eigenvalue weighted by molar-refractivity contribution is -0.142.